The molecule has 0 aliphatic rings. The number of aryl methyl sites for hydroxylation is 2. The summed E-state index contributed by atoms with van der Waals surface area (Å²) in [4.78, 5) is 11.9. The molecular formula is C15H15Cl2N2O+. The normalized spacial score (nSPS) is 10.3. The maximum atomic E-state index is 11.9. The Bertz CT molecular complexity index is 612. The number of halogens is 2. The lowest BCUT2D eigenvalue weighted by Crippen LogP contribution is -2.34. The van der Waals surface area contributed by atoms with E-state index in [9.17, 15) is 4.79 Å². The summed E-state index contributed by atoms with van der Waals surface area (Å²) in [7, 11) is 0. The largest absolute Gasteiger partial charge is 0.325 e. The Labute approximate surface area is 128 Å². The van der Waals surface area contributed by atoms with Crippen molar-refractivity contribution in [2.75, 3.05) is 5.32 Å². The predicted molar refractivity (Wildman–Crippen MR) is 81.1 cm³/mol. The summed E-state index contributed by atoms with van der Waals surface area (Å²) in [5.74, 6) is -0.0812. The summed E-state index contributed by atoms with van der Waals surface area (Å²) < 4.78 is 1.97. The van der Waals surface area contributed by atoms with Gasteiger partial charge in [-0.05, 0) is 30.7 Å². The van der Waals surface area contributed by atoms with Crippen molar-refractivity contribution in [2.45, 2.75) is 19.9 Å². The van der Waals surface area contributed by atoms with Gasteiger partial charge in [-0.3, -0.25) is 4.79 Å². The van der Waals surface area contributed by atoms with Gasteiger partial charge in [0.25, 0.3) is 0 Å². The van der Waals surface area contributed by atoms with Crippen LogP contribution in [-0.2, 0) is 11.3 Å². The quantitative estimate of drug-likeness (QED) is 0.860. The van der Waals surface area contributed by atoms with Gasteiger partial charge in [0.15, 0.2) is 18.9 Å². The van der Waals surface area contributed by atoms with Gasteiger partial charge in [0.1, 0.15) is 0 Å². The van der Waals surface area contributed by atoms with E-state index in [4.69, 9.17) is 23.2 Å². The molecule has 0 spiro atoms. The first-order valence-electron chi connectivity index (χ1n) is 6.25. The molecule has 104 valence electrons. The minimum atomic E-state index is -0.0812. The zero-order valence-corrected chi connectivity index (χ0v) is 12.6. The number of aromatic nitrogens is 1. The van der Waals surface area contributed by atoms with Crippen LogP contribution in [0.5, 0.6) is 0 Å². The number of nitrogens with one attached hydrogen (secondary N) is 1. The van der Waals surface area contributed by atoms with Crippen LogP contribution in [0.1, 0.15) is 12.0 Å². The highest BCUT2D eigenvalue weighted by Crippen LogP contribution is 2.25. The van der Waals surface area contributed by atoms with E-state index in [-0.39, 0.29) is 5.91 Å². The number of carbonyl (C=O) groups is 1. The van der Waals surface area contributed by atoms with Gasteiger partial charge in [0.05, 0.1) is 17.1 Å². The number of hydrogen-bond donors (Lipinski definition) is 1. The fourth-order valence-electron chi connectivity index (χ4n) is 1.72. The minimum absolute atomic E-state index is 0.0812. The first-order valence-corrected chi connectivity index (χ1v) is 7.01. The second kappa shape index (κ2) is 6.73. The second-order valence-corrected chi connectivity index (χ2v) is 5.38. The highest BCUT2D eigenvalue weighted by atomic mass is 35.5. The van der Waals surface area contributed by atoms with Crippen molar-refractivity contribution in [2.24, 2.45) is 0 Å². The number of anilines is 1. The molecule has 0 aliphatic heterocycles. The van der Waals surface area contributed by atoms with E-state index in [1.165, 1.54) is 5.56 Å². The maximum absolute atomic E-state index is 11.9. The Morgan fingerprint density at radius 1 is 1.20 bits per heavy atom. The zero-order valence-electron chi connectivity index (χ0n) is 11.1. The molecule has 0 fully saturated rings. The lowest BCUT2D eigenvalue weighted by molar-refractivity contribution is -0.695. The molecular weight excluding hydrogens is 295 g/mol. The topological polar surface area (TPSA) is 33.0 Å². The fourth-order valence-corrected chi connectivity index (χ4v) is 2.17. The Morgan fingerprint density at radius 2 is 1.90 bits per heavy atom. The zero-order chi connectivity index (χ0) is 14.5. The highest BCUT2D eigenvalue weighted by Gasteiger charge is 2.09. The van der Waals surface area contributed by atoms with Crippen LogP contribution >= 0.6 is 23.2 Å². The van der Waals surface area contributed by atoms with Crippen molar-refractivity contribution in [3.05, 3.63) is 58.3 Å². The molecule has 3 nitrogen and oxygen atoms in total. The molecule has 1 aromatic carbocycles. The van der Waals surface area contributed by atoms with E-state index in [0.717, 1.165) is 0 Å². The maximum Gasteiger partial charge on any atom is 0.230 e. The molecule has 2 aromatic rings. The monoisotopic (exact) mass is 309 g/mol. The molecule has 20 heavy (non-hydrogen) atoms. The van der Waals surface area contributed by atoms with Crippen LogP contribution in [0.4, 0.5) is 5.69 Å². The minimum Gasteiger partial charge on any atom is -0.325 e. The lowest BCUT2D eigenvalue weighted by atomic mass is 10.3. The van der Waals surface area contributed by atoms with Crippen LogP contribution in [-0.4, -0.2) is 5.91 Å². The summed E-state index contributed by atoms with van der Waals surface area (Å²) in [5, 5.41) is 3.76. The van der Waals surface area contributed by atoms with E-state index in [1.54, 1.807) is 18.2 Å². The van der Waals surface area contributed by atoms with Crippen LogP contribution in [0.25, 0.3) is 0 Å². The van der Waals surface area contributed by atoms with Crippen LogP contribution in [0, 0.1) is 6.92 Å². The number of pyridine rings is 1. The highest BCUT2D eigenvalue weighted by molar-refractivity contribution is 6.36. The van der Waals surface area contributed by atoms with Gasteiger partial charge in [-0.1, -0.05) is 23.2 Å². The third-order valence-corrected chi connectivity index (χ3v) is 3.41. The number of amides is 1. The number of hydrogen-bond acceptors (Lipinski definition) is 1. The van der Waals surface area contributed by atoms with Crippen molar-refractivity contribution >= 4 is 34.8 Å². The van der Waals surface area contributed by atoms with Crippen LogP contribution < -0.4 is 9.88 Å². The van der Waals surface area contributed by atoms with Gasteiger partial charge in [0, 0.05) is 17.2 Å². The Morgan fingerprint density at radius 3 is 2.55 bits per heavy atom. The van der Waals surface area contributed by atoms with Crippen LogP contribution in [0.15, 0.2) is 42.7 Å². The molecule has 0 unspecified atom stereocenters. The summed E-state index contributed by atoms with van der Waals surface area (Å²) in [6, 6.07) is 9.01. The van der Waals surface area contributed by atoms with Crippen molar-refractivity contribution in [3.8, 4) is 0 Å². The molecule has 0 saturated carbocycles. The van der Waals surface area contributed by atoms with Gasteiger partial charge >= 0.3 is 0 Å². The van der Waals surface area contributed by atoms with Gasteiger partial charge in [0.2, 0.25) is 5.91 Å². The molecule has 0 radical (unpaired) electrons. The molecule has 2 rings (SSSR count). The predicted octanol–water partition coefficient (Wildman–Crippen LogP) is 3.62. The summed E-state index contributed by atoms with van der Waals surface area (Å²) in [6.45, 7) is 2.65. The number of nitrogens with zero attached hydrogens (tertiary/aromatic N) is 1. The van der Waals surface area contributed by atoms with Gasteiger partial charge in [-0.15, -0.1) is 0 Å². The Kier molecular flexibility index (Phi) is 4.99. The average molecular weight is 310 g/mol. The molecule has 1 heterocycles. The van der Waals surface area contributed by atoms with Gasteiger partial charge < -0.3 is 5.32 Å². The second-order valence-electron chi connectivity index (χ2n) is 4.54. The number of rotatable bonds is 4. The van der Waals surface area contributed by atoms with E-state index >= 15 is 0 Å². The van der Waals surface area contributed by atoms with Crippen molar-refractivity contribution in [1.29, 1.82) is 0 Å². The summed E-state index contributed by atoms with van der Waals surface area (Å²) in [5.41, 5.74) is 1.77. The molecule has 1 N–H and O–H groups in total. The fraction of sp³-hybridized carbons (Fsp3) is 0.200. The first-order chi connectivity index (χ1) is 9.54. The third-order valence-electron chi connectivity index (χ3n) is 2.86. The molecule has 0 bridgehead atoms. The first kappa shape index (κ1) is 14.8. The van der Waals surface area contributed by atoms with E-state index in [0.29, 0.717) is 28.7 Å². The number of benzene rings is 1. The Balaban J connectivity index is 1.90. The van der Waals surface area contributed by atoms with E-state index in [1.807, 2.05) is 36.0 Å². The average Bonchev–Trinajstić information content (AvgIpc) is 2.41. The number of carbonyl (C=O) groups excluding carboxylic acids is 1. The molecule has 0 atom stereocenters. The van der Waals surface area contributed by atoms with E-state index < -0.39 is 0 Å². The summed E-state index contributed by atoms with van der Waals surface area (Å²) in [6.07, 6.45) is 4.29. The third kappa shape index (κ3) is 4.22. The lowest BCUT2D eigenvalue weighted by Gasteiger charge is -2.06. The molecule has 0 aliphatic carbocycles. The standard InChI is InChI=1S/C15H14Cl2N2O/c1-11-4-7-19(8-5-11)9-6-15(20)18-14-3-2-12(16)10-13(14)17/h2-5,7-8,10H,6,9H2,1H3/p+1. The molecule has 1 amide bonds. The van der Waals surface area contributed by atoms with Crippen LogP contribution in [0.3, 0.4) is 0 Å². The summed E-state index contributed by atoms with van der Waals surface area (Å²) >= 11 is 11.8. The van der Waals surface area contributed by atoms with Crippen molar-refractivity contribution < 1.29 is 9.36 Å². The SMILES string of the molecule is Cc1cc[n+](CCC(=O)Nc2ccc(Cl)cc2Cl)cc1. The Hall–Kier alpha value is -1.58. The molecule has 0 saturated heterocycles. The van der Waals surface area contributed by atoms with Crippen molar-refractivity contribution in [3.63, 3.8) is 0 Å². The van der Waals surface area contributed by atoms with E-state index in [2.05, 4.69) is 5.32 Å². The molecule has 1 aromatic heterocycles. The molecule has 5 heteroatoms. The van der Waals surface area contributed by atoms with Gasteiger partial charge in [-0.25, -0.2) is 4.57 Å². The van der Waals surface area contributed by atoms with Crippen molar-refractivity contribution in [1.82, 2.24) is 0 Å². The van der Waals surface area contributed by atoms with Gasteiger partial charge in [-0.2, -0.15) is 0 Å². The van der Waals surface area contributed by atoms with Crippen LogP contribution in [0.2, 0.25) is 10.0 Å². The smallest absolute Gasteiger partial charge is 0.230 e.